The predicted molar refractivity (Wildman–Crippen MR) is 91.4 cm³/mol. The molecular formula is C17H21NO5S. The van der Waals surface area contributed by atoms with E-state index >= 15 is 0 Å². The largest absolute Gasteiger partial charge is 0.506 e. The van der Waals surface area contributed by atoms with Gasteiger partial charge in [0.25, 0.3) is 0 Å². The van der Waals surface area contributed by atoms with Gasteiger partial charge in [0.1, 0.15) is 16.4 Å². The molecule has 0 aliphatic heterocycles. The van der Waals surface area contributed by atoms with E-state index in [1.807, 2.05) is 0 Å². The first-order valence-electron chi connectivity index (χ1n) is 7.82. The molecule has 0 fully saturated rings. The summed E-state index contributed by atoms with van der Waals surface area (Å²) in [5.74, 6) is -0.814. The molecule has 3 N–H and O–H groups in total. The maximum absolute atomic E-state index is 12.0. The SMILES string of the molecule is CCCCCCC(=O)Oc1cc(S(N)(=O)=O)c(O)c2ccccc12. The Labute approximate surface area is 141 Å². The lowest BCUT2D eigenvalue weighted by Crippen LogP contribution is -2.14. The molecule has 0 saturated carbocycles. The molecule has 0 bridgehead atoms. The second-order valence-corrected chi connectivity index (χ2v) is 7.13. The van der Waals surface area contributed by atoms with Gasteiger partial charge in [-0.15, -0.1) is 0 Å². The van der Waals surface area contributed by atoms with E-state index < -0.39 is 26.6 Å². The summed E-state index contributed by atoms with van der Waals surface area (Å²) in [5.41, 5.74) is 0. The van der Waals surface area contributed by atoms with Crippen LogP contribution in [0.25, 0.3) is 10.8 Å². The smallest absolute Gasteiger partial charge is 0.311 e. The average Bonchev–Trinajstić information content (AvgIpc) is 2.53. The number of hydrogen-bond donors (Lipinski definition) is 2. The number of unbranched alkanes of at least 4 members (excludes halogenated alkanes) is 3. The molecule has 2 rings (SSSR count). The third-order valence-electron chi connectivity index (χ3n) is 3.71. The molecule has 130 valence electrons. The highest BCUT2D eigenvalue weighted by molar-refractivity contribution is 7.89. The highest BCUT2D eigenvalue weighted by atomic mass is 32.2. The number of carbonyl (C=O) groups excluding carboxylic acids is 1. The fourth-order valence-electron chi connectivity index (χ4n) is 2.47. The second-order valence-electron chi connectivity index (χ2n) is 5.60. The molecule has 0 unspecified atom stereocenters. The number of sulfonamides is 1. The number of esters is 1. The Balaban J connectivity index is 2.35. The third kappa shape index (κ3) is 4.24. The van der Waals surface area contributed by atoms with Crippen LogP contribution in [0.1, 0.15) is 39.0 Å². The van der Waals surface area contributed by atoms with Crippen molar-refractivity contribution in [2.24, 2.45) is 5.14 Å². The summed E-state index contributed by atoms with van der Waals surface area (Å²) in [6.07, 6.45) is 4.01. The van der Waals surface area contributed by atoms with E-state index in [-0.39, 0.29) is 17.6 Å². The summed E-state index contributed by atoms with van der Waals surface area (Å²) in [5, 5.41) is 16.0. The Morgan fingerprint density at radius 2 is 1.83 bits per heavy atom. The Kier molecular flexibility index (Phi) is 5.80. The van der Waals surface area contributed by atoms with Crippen molar-refractivity contribution in [1.82, 2.24) is 0 Å². The Bertz CT molecular complexity index is 845. The fraction of sp³-hybridized carbons (Fsp3) is 0.353. The van der Waals surface area contributed by atoms with E-state index in [9.17, 15) is 18.3 Å². The van der Waals surface area contributed by atoms with Gasteiger partial charge in [-0.2, -0.15) is 0 Å². The van der Waals surface area contributed by atoms with Gasteiger partial charge in [0, 0.05) is 23.3 Å². The van der Waals surface area contributed by atoms with Crippen LogP contribution in [0.4, 0.5) is 0 Å². The lowest BCUT2D eigenvalue weighted by molar-refractivity contribution is -0.134. The van der Waals surface area contributed by atoms with Crippen LogP contribution in [-0.4, -0.2) is 19.5 Å². The normalized spacial score (nSPS) is 11.6. The highest BCUT2D eigenvalue weighted by Gasteiger charge is 2.21. The molecule has 0 spiro atoms. The molecule has 0 amide bonds. The molecule has 24 heavy (non-hydrogen) atoms. The van der Waals surface area contributed by atoms with Gasteiger partial charge in [0.2, 0.25) is 10.0 Å². The van der Waals surface area contributed by atoms with Gasteiger partial charge < -0.3 is 9.84 Å². The first-order valence-corrected chi connectivity index (χ1v) is 9.37. The number of benzene rings is 2. The molecule has 0 radical (unpaired) electrons. The number of aromatic hydroxyl groups is 1. The number of rotatable bonds is 7. The first-order chi connectivity index (χ1) is 11.3. The number of hydrogen-bond acceptors (Lipinski definition) is 5. The van der Waals surface area contributed by atoms with Crippen molar-refractivity contribution in [3.05, 3.63) is 30.3 Å². The summed E-state index contributed by atoms with van der Waals surface area (Å²) in [6.45, 7) is 2.08. The molecule has 0 saturated heterocycles. The lowest BCUT2D eigenvalue weighted by atomic mass is 10.1. The monoisotopic (exact) mass is 351 g/mol. The quantitative estimate of drug-likeness (QED) is 0.453. The van der Waals surface area contributed by atoms with E-state index in [1.54, 1.807) is 18.2 Å². The van der Waals surface area contributed by atoms with Gasteiger partial charge >= 0.3 is 5.97 Å². The van der Waals surface area contributed by atoms with E-state index in [1.165, 1.54) is 6.07 Å². The van der Waals surface area contributed by atoms with Crippen molar-refractivity contribution < 1.29 is 23.1 Å². The molecule has 0 aromatic heterocycles. The van der Waals surface area contributed by atoms with Crippen LogP contribution in [0, 0.1) is 0 Å². The minimum atomic E-state index is -4.15. The lowest BCUT2D eigenvalue weighted by Gasteiger charge is -2.12. The van der Waals surface area contributed by atoms with Gasteiger partial charge in [0.05, 0.1) is 0 Å². The third-order valence-corrected chi connectivity index (χ3v) is 4.63. The van der Waals surface area contributed by atoms with Gasteiger partial charge in [-0.1, -0.05) is 50.5 Å². The van der Waals surface area contributed by atoms with Crippen molar-refractivity contribution in [3.8, 4) is 11.5 Å². The van der Waals surface area contributed by atoms with Crippen LogP contribution in [0.2, 0.25) is 0 Å². The summed E-state index contributed by atoms with van der Waals surface area (Å²) in [6, 6.07) is 7.62. The second kappa shape index (κ2) is 7.63. The highest BCUT2D eigenvalue weighted by Crippen LogP contribution is 2.38. The number of ether oxygens (including phenoxy) is 1. The Morgan fingerprint density at radius 3 is 2.46 bits per heavy atom. The van der Waals surface area contributed by atoms with E-state index in [2.05, 4.69) is 6.92 Å². The molecule has 2 aromatic rings. The summed E-state index contributed by atoms with van der Waals surface area (Å²) >= 11 is 0. The van der Waals surface area contributed by atoms with E-state index in [0.717, 1.165) is 25.3 Å². The molecule has 0 heterocycles. The van der Waals surface area contributed by atoms with Crippen LogP contribution < -0.4 is 9.88 Å². The number of carbonyl (C=O) groups is 1. The van der Waals surface area contributed by atoms with Crippen molar-refractivity contribution >= 4 is 26.8 Å². The zero-order valence-corrected chi connectivity index (χ0v) is 14.3. The van der Waals surface area contributed by atoms with Crippen LogP contribution in [0.15, 0.2) is 35.2 Å². The number of phenolic OH excluding ortho intramolecular Hbond substituents is 1. The fourth-order valence-corrected chi connectivity index (χ4v) is 3.12. The van der Waals surface area contributed by atoms with Crippen LogP contribution >= 0.6 is 0 Å². The summed E-state index contributed by atoms with van der Waals surface area (Å²) in [7, 11) is -4.15. The van der Waals surface area contributed by atoms with E-state index in [0.29, 0.717) is 11.8 Å². The number of nitrogens with two attached hydrogens (primary N) is 1. The van der Waals surface area contributed by atoms with Gasteiger partial charge in [-0.25, -0.2) is 13.6 Å². The zero-order valence-electron chi connectivity index (χ0n) is 13.5. The minimum Gasteiger partial charge on any atom is -0.506 e. The van der Waals surface area contributed by atoms with Crippen molar-refractivity contribution in [2.45, 2.75) is 43.9 Å². The number of phenols is 1. The average molecular weight is 351 g/mol. The standard InChI is InChI=1S/C17H21NO5S/c1-2-3-4-5-10-16(19)23-14-11-15(24(18,21)22)17(20)13-9-7-6-8-12(13)14/h6-9,11,20H,2-5,10H2,1H3,(H2,18,21,22). The maximum Gasteiger partial charge on any atom is 0.311 e. The van der Waals surface area contributed by atoms with Gasteiger partial charge in [-0.05, 0) is 6.42 Å². The summed E-state index contributed by atoms with van der Waals surface area (Å²) in [4.78, 5) is 11.5. The van der Waals surface area contributed by atoms with Crippen LogP contribution in [0.5, 0.6) is 11.5 Å². The molecule has 6 nitrogen and oxygen atoms in total. The zero-order chi connectivity index (χ0) is 17.7. The van der Waals surface area contributed by atoms with E-state index in [4.69, 9.17) is 9.88 Å². The molecule has 2 aromatic carbocycles. The maximum atomic E-state index is 12.0. The number of primary sulfonamides is 1. The molecule has 0 aliphatic carbocycles. The number of fused-ring (bicyclic) bond motifs is 1. The topological polar surface area (TPSA) is 107 Å². The Morgan fingerprint density at radius 1 is 1.17 bits per heavy atom. The minimum absolute atomic E-state index is 0.0768. The molecule has 7 heteroatoms. The molecule has 0 atom stereocenters. The summed E-state index contributed by atoms with van der Waals surface area (Å²) < 4.78 is 28.6. The van der Waals surface area contributed by atoms with Gasteiger partial charge in [0.15, 0.2) is 0 Å². The van der Waals surface area contributed by atoms with Crippen LogP contribution in [0.3, 0.4) is 0 Å². The van der Waals surface area contributed by atoms with Crippen LogP contribution in [-0.2, 0) is 14.8 Å². The van der Waals surface area contributed by atoms with Crippen molar-refractivity contribution in [1.29, 1.82) is 0 Å². The van der Waals surface area contributed by atoms with Crippen molar-refractivity contribution in [3.63, 3.8) is 0 Å². The molecular weight excluding hydrogens is 330 g/mol. The first kappa shape index (κ1) is 18.2. The van der Waals surface area contributed by atoms with Gasteiger partial charge in [-0.3, -0.25) is 4.79 Å². The molecule has 0 aliphatic rings. The Hall–Kier alpha value is -2.12. The predicted octanol–water partition coefficient (Wildman–Crippen LogP) is 3.07. The van der Waals surface area contributed by atoms with Crippen molar-refractivity contribution in [2.75, 3.05) is 0 Å².